The molecular weight excluding hydrogens is 500 g/mol. The Balaban J connectivity index is 1.09. The molecule has 4 aliphatic heterocycles. The molecule has 3 N–H and O–H groups in total. The van der Waals surface area contributed by atoms with Crippen molar-refractivity contribution in [2.75, 3.05) is 60.2 Å². The average Bonchev–Trinajstić information content (AvgIpc) is 3.30. The van der Waals surface area contributed by atoms with Gasteiger partial charge in [0.05, 0.1) is 50.0 Å². The van der Waals surface area contributed by atoms with Gasteiger partial charge in [-0.1, -0.05) is 0 Å². The first kappa shape index (κ1) is 27.8. The van der Waals surface area contributed by atoms with Crippen molar-refractivity contribution in [3.8, 4) is 0 Å². The van der Waals surface area contributed by atoms with Gasteiger partial charge in [0.25, 0.3) is 0 Å². The lowest BCUT2D eigenvalue weighted by atomic mass is 9.64. The number of fused-ring (bicyclic) bond motifs is 5. The molecule has 0 aromatic heterocycles. The normalized spacial score (nSPS) is 42.8. The van der Waals surface area contributed by atoms with Gasteiger partial charge in [-0.25, -0.2) is 0 Å². The Bertz CT molecular complexity index is 886. The first-order valence-corrected chi connectivity index (χ1v) is 15.5. The number of ether oxygens (including phenoxy) is 4. The van der Waals surface area contributed by atoms with E-state index < -0.39 is 6.10 Å². The van der Waals surface area contributed by atoms with Crippen LogP contribution in [0.4, 0.5) is 0 Å². The Morgan fingerprint density at radius 3 is 2.67 bits per heavy atom. The molecule has 0 bridgehead atoms. The number of morpholine rings is 1. The zero-order valence-electron chi connectivity index (χ0n) is 24.0. The van der Waals surface area contributed by atoms with Gasteiger partial charge in [-0.05, 0) is 50.9 Å². The van der Waals surface area contributed by atoms with Gasteiger partial charge in [0.2, 0.25) is 11.8 Å². The zero-order chi connectivity index (χ0) is 27.1. The monoisotopic (exact) mass is 549 g/mol. The Morgan fingerprint density at radius 1 is 1.08 bits per heavy atom. The number of hydrogen-bond acceptors (Lipinski definition) is 7. The molecule has 0 aromatic rings. The average molecular weight is 550 g/mol. The molecule has 4 heterocycles. The van der Waals surface area contributed by atoms with Crippen LogP contribution in [0.2, 0.25) is 0 Å². The summed E-state index contributed by atoms with van der Waals surface area (Å²) >= 11 is 0. The van der Waals surface area contributed by atoms with Gasteiger partial charge in [0.15, 0.2) is 0 Å². The fraction of sp³-hybridized carbons (Fsp3) is 0.931. The summed E-state index contributed by atoms with van der Waals surface area (Å²) in [5.74, 6) is 1.49. The Hall–Kier alpha value is -1.30. The minimum Gasteiger partial charge on any atom is -0.379 e. The van der Waals surface area contributed by atoms with Crippen molar-refractivity contribution in [1.29, 1.82) is 0 Å². The van der Waals surface area contributed by atoms with Crippen LogP contribution < -0.4 is 10.6 Å². The number of hydrogen-bond donors (Lipinski definition) is 2. The van der Waals surface area contributed by atoms with E-state index in [9.17, 15) is 9.59 Å². The zero-order valence-corrected chi connectivity index (χ0v) is 24.0. The van der Waals surface area contributed by atoms with E-state index in [0.717, 1.165) is 77.9 Å². The Kier molecular flexibility index (Phi) is 8.50. The summed E-state index contributed by atoms with van der Waals surface area (Å²) in [6.07, 6.45) is 5.36. The lowest BCUT2D eigenvalue weighted by molar-refractivity contribution is -0.713. The predicted molar refractivity (Wildman–Crippen MR) is 143 cm³/mol. The summed E-state index contributed by atoms with van der Waals surface area (Å²) < 4.78 is 23.5. The molecule has 4 saturated heterocycles. The van der Waals surface area contributed by atoms with Gasteiger partial charge in [-0.15, -0.1) is 0 Å². The van der Waals surface area contributed by atoms with Crippen molar-refractivity contribution in [2.24, 2.45) is 23.7 Å². The Morgan fingerprint density at radius 2 is 1.90 bits per heavy atom. The topological polar surface area (TPSA) is 106 Å². The third-order valence-electron chi connectivity index (χ3n) is 11.0. The van der Waals surface area contributed by atoms with Crippen LogP contribution in [-0.2, 0) is 28.5 Å². The fourth-order valence-electron chi connectivity index (χ4n) is 9.28. The maximum absolute atomic E-state index is 14.2. The van der Waals surface area contributed by atoms with Crippen LogP contribution in [0.5, 0.6) is 0 Å². The van der Waals surface area contributed by atoms with Crippen LogP contribution in [0.25, 0.3) is 0 Å². The fourth-order valence-corrected chi connectivity index (χ4v) is 9.28. The highest BCUT2D eigenvalue weighted by Crippen LogP contribution is 2.53. The van der Waals surface area contributed by atoms with Crippen LogP contribution in [0, 0.1) is 23.7 Å². The first-order chi connectivity index (χ1) is 19.0. The van der Waals surface area contributed by atoms with E-state index in [0.29, 0.717) is 42.3 Å². The molecule has 6 fully saturated rings. The largest absolute Gasteiger partial charge is 0.379 e. The van der Waals surface area contributed by atoms with Gasteiger partial charge in [0.1, 0.15) is 12.1 Å². The van der Waals surface area contributed by atoms with E-state index in [2.05, 4.69) is 20.4 Å². The number of piperidine rings is 2. The molecule has 0 aromatic carbocycles. The molecule has 6 aliphatic rings. The van der Waals surface area contributed by atoms with Crippen LogP contribution in [0.1, 0.15) is 45.4 Å². The van der Waals surface area contributed by atoms with Crippen LogP contribution in [0.3, 0.4) is 0 Å². The number of nitrogens with two attached hydrogens (primary N) is 1. The van der Waals surface area contributed by atoms with Crippen molar-refractivity contribution < 1.29 is 33.9 Å². The molecular formula is C29H49N4O6+. The number of rotatable bonds is 8. The summed E-state index contributed by atoms with van der Waals surface area (Å²) in [5, 5.41) is 5.60. The maximum Gasteiger partial charge on any atom is 0.248 e. The molecule has 220 valence electrons. The molecule has 2 amide bonds. The third kappa shape index (κ3) is 5.14. The molecule has 39 heavy (non-hydrogen) atoms. The SMILES string of the molecule is COC1CCC2C3[NH2+]CCC4C5CC(O[C@H](C)C(=O)NCCN6CCOCC6)CCC5N(C(=O)C2C1OC)C43. The predicted octanol–water partition coefficient (Wildman–Crippen LogP) is -0.390. The quantitative estimate of drug-likeness (QED) is 0.425. The first-order valence-electron chi connectivity index (χ1n) is 15.5. The van der Waals surface area contributed by atoms with Crippen molar-refractivity contribution >= 4 is 11.8 Å². The van der Waals surface area contributed by atoms with E-state index in [1.165, 1.54) is 0 Å². The van der Waals surface area contributed by atoms with E-state index in [1.54, 1.807) is 14.2 Å². The number of methoxy groups -OCH3 is 2. The number of carbonyl (C=O) groups is 2. The van der Waals surface area contributed by atoms with Gasteiger partial charge in [0, 0.05) is 58.8 Å². The lowest BCUT2D eigenvalue weighted by Gasteiger charge is -2.53. The van der Waals surface area contributed by atoms with Crippen molar-refractivity contribution in [2.45, 2.75) is 88.0 Å². The number of nitrogens with zero attached hydrogens (tertiary/aromatic N) is 2. The van der Waals surface area contributed by atoms with Crippen molar-refractivity contribution in [1.82, 2.24) is 15.1 Å². The summed E-state index contributed by atoms with van der Waals surface area (Å²) in [6, 6.07) is 1.04. The van der Waals surface area contributed by atoms with E-state index in [-0.39, 0.29) is 36.2 Å². The molecule has 10 heteroatoms. The summed E-state index contributed by atoms with van der Waals surface area (Å²) in [6.45, 7) is 7.86. The standard InChI is InChI=1S/C29H48N4O6/c1-17(28(34)31-10-11-32-12-14-38-15-13-32)39-18-4-6-22-21(16-18)19-8-9-30-25-20-5-7-23(36-2)27(37-3)24(20)29(35)33(22)26(19)25/h17-27,30H,4-16H2,1-3H3,(H,31,34)/p+1/t17-,18?,19?,20?,21?,22?,23?,24?,25?,26?,27?/m1/s1. The number of amides is 2. The molecule has 0 radical (unpaired) electrons. The smallest absolute Gasteiger partial charge is 0.248 e. The van der Waals surface area contributed by atoms with E-state index >= 15 is 0 Å². The van der Waals surface area contributed by atoms with Crippen LogP contribution in [0.15, 0.2) is 0 Å². The van der Waals surface area contributed by atoms with Crippen molar-refractivity contribution in [3.05, 3.63) is 0 Å². The molecule has 10 unspecified atom stereocenters. The second kappa shape index (κ2) is 11.9. The lowest BCUT2D eigenvalue weighted by Crippen LogP contribution is -2.99. The van der Waals surface area contributed by atoms with Gasteiger partial charge in [-0.2, -0.15) is 0 Å². The van der Waals surface area contributed by atoms with Gasteiger partial charge < -0.3 is 34.5 Å². The molecule has 2 saturated carbocycles. The van der Waals surface area contributed by atoms with Crippen molar-refractivity contribution in [3.63, 3.8) is 0 Å². The number of nitrogens with one attached hydrogen (secondary N) is 1. The maximum atomic E-state index is 14.2. The molecule has 6 rings (SSSR count). The Labute approximate surface area is 232 Å². The minimum absolute atomic E-state index is 0.0137. The summed E-state index contributed by atoms with van der Waals surface area (Å²) in [4.78, 5) is 31.6. The van der Waals surface area contributed by atoms with Gasteiger partial charge in [-0.3, -0.25) is 14.5 Å². The third-order valence-corrected chi connectivity index (χ3v) is 11.0. The van der Waals surface area contributed by atoms with E-state index in [4.69, 9.17) is 18.9 Å². The molecule has 2 aliphatic carbocycles. The van der Waals surface area contributed by atoms with Gasteiger partial charge >= 0.3 is 0 Å². The van der Waals surface area contributed by atoms with Crippen LogP contribution in [-0.4, -0.2) is 124 Å². The highest BCUT2D eigenvalue weighted by molar-refractivity contribution is 5.82. The highest BCUT2D eigenvalue weighted by atomic mass is 16.5. The molecule has 11 atom stereocenters. The second-order valence-electron chi connectivity index (χ2n) is 12.7. The number of carbonyl (C=O) groups excluding carboxylic acids is 2. The minimum atomic E-state index is -0.467. The van der Waals surface area contributed by atoms with E-state index in [1.807, 2.05) is 6.92 Å². The highest BCUT2D eigenvalue weighted by Gasteiger charge is 2.66. The van der Waals surface area contributed by atoms with Crippen LogP contribution >= 0.6 is 0 Å². The second-order valence-corrected chi connectivity index (χ2v) is 12.7. The summed E-state index contributed by atoms with van der Waals surface area (Å²) in [5.41, 5.74) is 0. The summed E-state index contributed by atoms with van der Waals surface area (Å²) in [7, 11) is 3.48. The molecule has 0 spiro atoms. The number of quaternary nitrogens is 1. The molecule has 10 nitrogen and oxygen atoms in total.